The first-order valence-electron chi connectivity index (χ1n) is 8.69. The van der Waals surface area contributed by atoms with E-state index in [1.807, 2.05) is 0 Å². The van der Waals surface area contributed by atoms with Gasteiger partial charge in [0.1, 0.15) is 23.0 Å². The SMILES string of the molecule is COc1cccc(OC)c1-c1nn(-c2ccccc2C(F)(F)F)c2c1CCN2. The molecule has 5 nitrogen and oxygen atoms in total. The van der Waals surface area contributed by atoms with Crippen molar-refractivity contribution in [2.45, 2.75) is 12.6 Å². The average Bonchev–Trinajstić information content (AvgIpc) is 3.29. The zero-order valence-electron chi connectivity index (χ0n) is 15.3. The van der Waals surface area contributed by atoms with Crippen molar-refractivity contribution in [2.75, 3.05) is 26.1 Å². The lowest BCUT2D eigenvalue weighted by molar-refractivity contribution is -0.137. The highest BCUT2D eigenvalue weighted by Gasteiger charge is 2.36. The van der Waals surface area contributed by atoms with Crippen LogP contribution in [0.25, 0.3) is 16.9 Å². The smallest absolute Gasteiger partial charge is 0.418 e. The molecule has 0 fully saturated rings. The molecule has 1 aliphatic heterocycles. The summed E-state index contributed by atoms with van der Waals surface area (Å²) in [7, 11) is 3.07. The molecule has 3 aromatic rings. The van der Waals surface area contributed by atoms with Crippen molar-refractivity contribution in [1.82, 2.24) is 9.78 Å². The van der Waals surface area contributed by atoms with Gasteiger partial charge in [0.15, 0.2) is 0 Å². The maximum Gasteiger partial charge on any atom is 0.418 e. The number of halogens is 3. The first-order chi connectivity index (χ1) is 13.5. The molecule has 1 N–H and O–H groups in total. The van der Waals surface area contributed by atoms with Crippen LogP contribution in [0.2, 0.25) is 0 Å². The normalized spacial score (nSPS) is 13.2. The lowest BCUT2D eigenvalue weighted by Crippen LogP contribution is -2.13. The van der Waals surface area contributed by atoms with Crippen LogP contribution in [0, 0.1) is 0 Å². The molecule has 0 bridgehead atoms. The lowest BCUT2D eigenvalue weighted by atomic mass is 10.0. The number of nitrogens with one attached hydrogen (secondary N) is 1. The van der Waals surface area contributed by atoms with Gasteiger partial charge in [-0.25, -0.2) is 4.68 Å². The molecule has 0 saturated carbocycles. The van der Waals surface area contributed by atoms with Gasteiger partial charge in [-0.2, -0.15) is 18.3 Å². The maximum atomic E-state index is 13.6. The van der Waals surface area contributed by atoms with E-state index in [9.17, 15) is 13.2 Å². The van der Waals surface area contributed by atoms with Crippen molar-refractivity contribution in [3.8, 4) is 28.4 Å². The number of nitrogens with zero attached hydrogens (tertiary/aromatic N) is 2. The standard InChI is InChI=1S/C20H18F3N3O2/c1-27-15-8-5-9-16(28-2)17(15)18-12-10-11-24-19(12)26(25-18)14-7-4-3-6-13(14)20(21,22)23/h3-9,24H,10-11H2,1-2H3. The first-order valence-corrected chi connectivity index (χ1v) is 8.69. The highest BCUT2D eigenvalue weighted by Crippen LogP contribution is 2.44. The van der Waals surface area contributed by atoms with Gasteiger partial charge >= 0.3 is 6.18 Å². The van der Waals surface area contributed by atoms with Crippen molar-refractivity contribution < 1.29 is 22.6 Å². The number of hydrogen-bond acceptors (Lipinski definition) is 4. The molecule has 8 heteroatoms. The minimum Gasteiger partial charge on any atom is -0.496 e. The highest BCUT2D eigenvalue weighted by molar-refractivity contribution is 5.81. The van der Waals surface area contributed by atoms with Crippen molar-refractivity contribution >= 4 is 5.82 Å². The van der Waals surface area contributed by atoms with E-state index in [-0.39, 0.29) is 5.69 Å². The second kappa shape index (κ2) is 6.78. The van der Waals surface area contributed by atoms with E-state index in [1.165, 1.54) is 31.0 Å². The molecule has 0 aliphatic carbocycles. The van der Waals surface area contributed by atoms with E-state index in [1.54, 1.807) is 24.3 Å². The van der Waals surface area contributed by atoms with Gasteiger partial charge < -0.3 is 14.8 Å². The minimum absolute atomic E-state index is 0.0271. The molecular weight excluding hydrogens is 371 g/mol. The summed E-state index contributed by atoms with van der Waals surface area (Å²) >= 11 is 0. The molecule has 0 radical (unpaired) electrons. The van der Waals surface area contributed by atoms with Gasteiger partial charge in [0.25, 0.3) is 0 Å². The summed E-state index contributed by atoms with van der Waals surface area (Å²) < 4.78 is 52.9. The van der Waals surface area contributed by atoms with Crippen LogP contribution in [0.4, 0.5) is 19.0 Å². The van der Waals surface area contributed by atoms with Crippen molar-refractivity contribution in [3.63, 3.8) is 0 Å². The summed E-state index contributed by atoms with van der Waals surface area (Å²) in [5.74, 6) is 1.64. The number of anilines is 1. The summed E-state index contributed by atoms with van der Waals surface area (Å²) in [5.41, 5.74) is 1.23. The van der Waals surface area contributed by atoms with Crippen molar-refractivity contribution in [1.29, 1.82) is 0 Å². The Morgan fingerprint density at radius 3 is 2.32 bits per heavy atom. The fourth-order valence-corrected chi connectivity index (χ4v) is 3.53. The lowest BCUT2D eigenvalue weighted by Gasteiger charge is -2.14. The van der Waals surface area contributed by atoms with Crippen molar-refractivity contribution in [3.05, 3.63) is 53.6 Å². The molecule has 0 unspecified atom stereocenters. The second-order valence-corrected chi connectivity index (χ2v) is 6.32. The van der Waals surface area contributed by atoms with Crippen molar-refractivity contribution in [2.24, 2.45) is 0 Å². The zero-order chi connectivity index (χ0) is 19.9. The Morgan fingerprint density at radius 2 is 1.68 bits per heavy atom. The Morgan fingerprint density at radius 1 is 1.00 bits per heavy atom. The highest BCUT2D eigenvalue weighted by atomic mass is 19.4. The second-order valence-electron chi connectivity index (χ2n) is 6.32. The largest absolute Gasteiger partial charge is 0.496 e. The third-order valence-electron chi connectivity index (χ3n) is 4.75. The van der Waals surface area contributed by atoms with E-state index in [0.717, 1.165) is 11.6 Å². The molecule has 2 aromatic carbocycles. The third-order valence-corrected chi connectivity index (χ3v) is 4.75. The number of benzene rings is 2. The van der Waals surface area contributed by atoms with Gasteiger partial charge in [-0.05, 0) is 30.7 Å². The third kappa shape index (κ3) is 2.85. The molecule has 0 amide bonds. The molecule has 0 saturated heterocycles. The van der Waals surface area contributed by atoms with Crippen LogP contribution in [-0.2, 0) is 12.6 Å². The Kier molecular flexibility index (Phi) is 4.41. The number of aromatic nitrogens is 2. The van der Waals surface area contributed by atoms with E-state index in [4.69, 9.17) is 9.47 Å². The summed E-state index contributed by atoms with van der Waals surface area (Å²) in [6.07, 6.45) is -3.85. The first kappa shape index (κ1) is 18.2. The predicted octanol–water partition coefficient (Wildman–Crippen LogP) is 4.54. The molecule has 2 heterocycles. The molecule has 28 heavy (non-hydrogen) atoms. The Bertz CT molecular complexity index is 1010. The van der Waals surface area contributed by atoms with Crippen LogP contribution < -0.4 is 14.8 Å². The summed E-state index contributed by atoms with van der Waals surface area (Å²) in [5, 5.41) is 7.72. The number of methoxy groups -OCH3 is 2. The van der Waals surface area contributed by atoms with E-state index < -0.39 is 11.7 Å². The average molecular weight is 389 g/mol. The summed E-state index contributed by atoms with van der Waals surface area (Å²) in [6, 6.07) is 10.7. The Balaban J connectivity index is 1.98. The van der Waals surface area contributed by atoms with E-state index in [0.29, 0.717) is 41.5 Å². The minimum atomic E-state index is -4.49. The monoisotopic (exact) mass is 389 g/mol. The van der Waals surface area contributed by atoms with Gasteiger partial charge in [-0.3, -0.25) is 0 Å². The maximum absolute atomic E-state index is 13.6. The number of ether oxygens (including phenoxy) is 2. The number of para-hydroxylation sites is 1. The summed E-state index contributed by atoms with van der Waals surface area (Å²) in [6.45, 7) is 0.617. The van der Waals surface area contributed by atoms with E-state index >= 15 is 0 Å². The molecule has 4 rings (SSSR count). The number of hydrogen-bond donors (Lipinski definition) is 1. The zero-order valence-corrected chi connectivity index (χ0v) is 15.3. The van der Waals surface area contributed by atoms with Gasteiger partial charge in [0.2, 0.25) is 0 Å². The molecule has 146 valence electrons. The molecule has 0 spiro atoms. The van der Waals surface area contributed by atoms with Gasteiger partial charge in [0.05, 0.1) is 31.0 Å². The van der Waals surface area contributed by atoms with Crippen LogP contribution in [0.1, 0.15) is 11.1 Å². The number of alkyl halides is 3. The van der Waals surface area contributed by atoms with E-state index in [2.05, 4.69) is 10.4 Å². The number of fused-ring (bicyclic) bond motifs is 1. The van der Waals surface area contributed by atoms with Crippen LogP contribution in [0.15, 0.2) is 42.5 Å². The van der Waals surface area contributed by atoms with Gasteiger partial charge in [0, 0.05) is 12.1 Å². The fourth-order valence-electron chi connectivity index (χ4n) is 3.53. The number of rotatable bonds is 4. The summed E-state index contributed by atoms with van der Waals surface area (Å²) in [4.78, 5) is 0. The predicted molar refractivity (Wildman–Crippen MR) is 99.3 cm³/mol. The Labute approximate surface area is 159 Å². The molecular formula is C20H18F3N3O2. The Hall–Kier alpha value is -3.16. The topological polar surface area (TPSA) is 48.3 Å². The molecule has 0 atom stereocenters. The molecule has 1 aromatic heterocycles. The van der Waals surface area contributed by atoms with Crippen LogP contribution in [0.5, 0.6) is 11.5 Å². The van der Waals surface area contributed by atoms with Gasteiger partial charge in [-0.15, -0.1) is 0 Å². The quantitative estimate of drug-likeness (QED) is 0.712. The van der Waals surface area contributed by atoms with Gasteiger partial charge in [-0.1, -0.05) is 18.2 Å². The van der Waals surface area contributed by atoms with Crippen LogP contribution in [-0.4, -0.2) is 30.5 Å². The van der Waals surface area contributed by atoms with Crippen LogP contribution in [0.3, 0.4) is 0 Å². The van der Waals surface area contributed by atoms with Crippen LogP contribution >= 0.6 is 0 Å². The molecule has 1 aliphatic rings. The fraction of sp³-hybridized carbons (Fsp3) is 0.250.